The number of Topliss-reactive ketones (excluding diaryl/α,β-unsaturated/α-hetero) is 1. The van der Waals surface area contributed by atoms with Gasteiger partial charge >= 0.3 is 0 Å². The first-order chi connectivity index (χ1) is 9.92. The second-order valence-electron chi connectivity index (χ2n) is 5.12. The number of benzene rings is 1. The van der Waals surface area contributed by atoms with E-state index in [-0.39, 0.29) is 30.7 Å². The van der Waals surface area contributed by atoms with Crippen LogP contribution in [-0.4, -0.2) is 48.7 Å². The molecule has 6 nitrogen and oxygen atoms in total. The highest BCUT2D eigenvalue weighted by Gasteiger charge is 2.31. The zero-order valence-corrected chi connectivity index (χ0v) is 12.3. The molecule has 1 aromatic carbocycles. The summed E-state index contributed by atoms with van der Waals surface area (Å²) in [6, 6.07) is 4.80. The van der Waals surface area contributed by atoms with E-state index in [0.717, 1.165) is 5.56 Å². The van der Waals surface area contributed by atoms with Crippen molar-refractivity contribution in [2.24, 2.45) is 0 Å². The molecule has 21 heavy (non-hydrogen) atoms. The fourth-order valence-electron chi connectivity index (χ4n) is 2.26. The van der Waals surface area contributed by atoms with Gasteiger partial charge in [0.05, 0.1) is 31.8 Å². The van der Waals surface area contributed by atoms with Crippen LogP contribution in [0.4, 0.5) is 0 Å². The molecule has 0 bridgehead atoms. The SMILES string of the molecule is COc1cc(C)ccc1C(=O)CN1CC(=O)NC(=O)C1C. The van der Waals surface area contributed by atoms with Gasteiger partial charge in [0.15, 0.2) is 5.78 Å². The van der Waals surface area contributed by atoms with Gasteiger partial charge in [0.25, 0.3) is 0 Å². The lowest BCUT2D eigenvalue weighted by atomic mass is 10.1. The first kappa shape index (κ1) is 15.2. The summed E-state index contributed by atoms with van der Waals surface area (Å²) in [7, 11) is 1.51. The van der Waals surface area contributed by atoms with Gasteiger partial charge in [0.1, 0.15) is 5.75 Å². The molecule has 1 N–H and O–H groups in total. The van der Waals surface area contributed by atoms with Crippen molar-refractivity contribution >= 4 is 17.6 Å². The quantitative estimate of drug-likeness (QED) is 0.647. The minimum atomic E-state index is -0.511. The maximum absolute atomic E-state index is 12.4. The van der Waals surface area contributed by atoms with E-state index < -0.39 is 6.04 Å². The molecular weight excluding hydrogens is 272 g/mol. The van der Waals surface area contributed by atoms with Crippen molar-refractivity contribution in [1.29, 1.82) is 0 Å². The Morgan fingerprint density at radius 2 is 2.14 bits per heavy atom. The molecule has 0 saturated carbocycles. The van der Waals surface area contributed by atoms with Gasteiger partial charge in [0.2, 0.25) is 11.8 Å². The number of rotatable bonds is 4. The monoisotopic (exact) mass is 290 g/mol. The summed E-state index contributed by atoms with van der Waals surface area (Å²) in [5.74, 6) is -0.446. The Hall–Kier alpha value is -2.21. The molecule has 112 valence electrons. The number of ether oxygens (including phenoxy) is 1. The van der Waals surface area contributed by atoms with E-state index in [9.17, 15) is 14.4 Å². The Morgan fingerprint density at radius 1 is 1.43 bits per heavy atom. The van der Waals surface area contributed by atoms with Gasteiger partial charge in [-0.15, -0.1) is 0 Å². The first-order valence-corrected chi connectivity index (χ1v) is 6.68. The third kappa shape index (κ3) is 3.28. The first-order valence-electron chi connectivity index (χ1n) is 6.68. The zero-order chi connectivity index (χ0) is 15.6. The van der Waals surface area contributed by atoms with Crippen molar-refractivity contribution in [3.05, 3.63) is 29.3 Å². The topological polar surface area (TPSA) is 75.7 Å². The van der Waals surface area contributed by atoms with E-state index in [1.807, 2.05) is 13.0 Å². The molecule has 0 radical (unpaired) electrons. The van der Waals surface area contributed by atoms with E-state index in [1.54, 1.807) is 24.0 Å². The van der Waals surface area contributed by atoms with Crippen LogP contribution in [0, 0.1) is 6.92 Å². The lowest BCUT2D eigenvalue weighted by molar-refractivity contribution is -0.139. The Labute approximate surface area is 123 Å². The third-order valence-corrected chi connectivity index (χ3v) is 3.54. The minimum Gasteiger partial charge on any atom is -0.496 e. The molecule has 1 heterocycles. The highest BCUT2D eigenvalue weighted by molar-refractivity contribution is 6.03. The number of amides is 2. The third-order valence-electron chi connectivity index (χ3n) is 3.54. The van der Waals surface area contributed by atoms with E-state index in [1.165, 1.54) is 7.11 Å². The number of carbonyl (C=O) groups excluding carboxylic acids is 3. The number of imide groups is 1. The Bertz CT molecular complexity index is 597. The molecule has 2 rings (SSSR count). The number of carbonyl (C=O) groups is 3. The number of piperazine rings is 1. The molecule has 0 aliphatic carbocycles. The maximum atomic E-state index is 12.4. The second-order valence-corrected chi connectivity index (χ2v) is 5.12. The number of hydrogen-bond acceptors (Lipinski definition) is 5. The number of ketones is 1. The molecule has 1 saturated heterocycles. The highest BCUT2D eigenvalue weighted by atomic mass is 16.5. The largest absolute Gasteiger partial charge is 0.496 e. The van der Waals surface area contributed by atoms with Crippen molar-refractivity contribution in [3.63, 3.8) is 0 Å². The molecule has 1 aliphatic heterocycles. The van der Waals surface area contributed by atoms with Crippen LogP contribution in [0.3, 0.4) is 0 Å². The smallest absolute Gasteiger partial charge is 0.243 e. The normalized spacial score (nSPS) is 19.3. The molecule has 2 amide bonds. The summed E-state index contributed by atoms with van der Waals surface area (Å²) in [6.07, 6.45) is 0. The van der Waals surface area contributed by atoms with E-state index in [4.69, 9.17) is 4.74 Å². The Morgan fingerprint density at radius 3 is 2.81 bits per heavy atom. The molecule has 0 aromatic heterocycles. The average molecular weight is 290 g/mol. The van der Waals surface area contributed by atoms with Crippen LogP contribution >= 0.6 is 0 Å². The van der Waals surface area contributed by atoms with Crippen molar-refractivity contribution in [1.82, 2.24) is 10.2 Å². The fraction of sp³-hybridized carbons (Fsp3) is 0.400. The van der Waals surface area contributed by atoms with Gasteiger partial charge in [-0.2, -0.15) is 0 Å². The van der Waals surface area contributed by atoms with Crippen LogP contribution in [0.5, 0.6) is 5.75 Å². The molecule has 6 heteroatoms. The van der Waals surface area contributed by atoms with E-state index in [0.29, 0.717) is 11.3 Å². The van der Waals surface area contributed by atoms with Crippen molar-refractivity contribution in [3.8, 4) is 5.75 Å². The molecule has 1 unspecified atom stereocenters. The van der Waals surface area contributed by atoms with Crippen molar-refractivity contribution < 1.29 is 19.1 Å². The van der Waals surface area contributed by atoms with Crippen LogP contribution in [0.25, 0.3) is 0 Å². The van der Waals surface area contributed by atoms with Gasteiger partial charge < -0.3 is 4.74 Å². The predicted octanol–water partition coefficient (Wildman–Crippen LogP) is 0.533. The number of hydrogen-bond donors (Lipinski definition) is 1. The lowest BCUT2D eigenvalue weighted by Crippen LogP contribution is -2.57. The van der Waals surface area contributed by atoms with Crippen molar-refractivity contribution in [2.75, 3.05) is 20.2 Å². The summed E-state index contributed by atoms with van der Waals surface area (Å²) in [5.41, 5.74) is 1.44. The summed E-state index contributed by atoms with van der Waals surface area (Å²) in [6.45, 7) is 3.61. The highest BCUT2D eigenvalue weighted by Crippen LogP contribution is 2.21. The standard InChI is InChI=1S/C15H18N2O4/c1-9-4-5-11(13(6-9)21-3)12(18)7-17-8-14(19)16-15(20)10(17)2/h4-6,10H,7-8H2,1-3H3,(H,16,19,20). The average Bonchev–Trinajstić information content (AvgIpc) is 2.43. The van der Waals surface area contributed by atoms with Crippen LogP contribution in [0.2, 0.25) is 0 Å². The van der Waals surface area contributed by atoms with Crippen LogP contribution < -0.4 is 10.1 Å². The number of aryl methyl sites for hydroxylation is 1. The molecule has 1 aromatic rings. The fourth-order valence-corrected chi connectivity index (χ4v) is 2.26. The molecule has 1 atom stereocenters. The Balaban J connectivity index is 2.17. The van der Waals surface area contributed by atoms with Gasteiger partial charge in [-0.3, -0.25) is 24.6 Å². The molecule has 1 fully saturated rings. The van der Waals surface area contributed by atoms with Crippen LogP contribution in [0.15, 0.2) is 18.2 Å². The van der Waals surface area contributed by atoms with Crippen LogP contribution in [-0.2, 0) is 9.59 Å². The van der Waals surface area contributed by atoms with Gasteiger partial charge in [-0.1, -0.05) is 6.07 Å². The van der Waals surface area contributed by atoms with Gasteiger partial charge in [-0.25, -0.2) is 0 Å². The zero-order valence-electron chi connectivity index (χ0n) is 12.3. The summed E-state index contributed by atoms with van der Waals surface area (Å²) >= 11 is 0. The minimum absolute atomic E-state index is 0.000250. The number of methoxy groups -OCH3 is 1. The molecule has 0 spiro atoms. The summed E-state index contributed by atoms with van der Waals surface area (Å²) in [5, 5.41) is 2.25. The number of nitrogens with one attached hydrogen (secondary N) is 1. The van der Waals surface area contributed by atoms with Crippen LogP contribution in [0.1, 0.15) is 22.8 Å². The van der Waals surface area contributed by atoms with Gasteiger partial charge in [-0.05, 0) is 31.5 Å². The lowest BCUT2D eigenvalue weighted by Gasteiger charge is -2.30. The number of nitrogens with zero attached hydrogens (tertiary/aromatic N) is 1. The van der Waals surface area contributed by atoms with Gasteiger partial charge in [0, 0.05) is 0 Å². The maximum Gasteiger partial charge on any atom is 0.243 e. The predicted molar refractivity (Wildman–Crippen MR) is 76.2 cm³/mol. The van der Waals surface area contributed by atoms with E-state index >= 15 is 0 Å². The second kappa shape index (κ2) is 6.05. The van der Waals surface area contributed by atoms with E-state index in [2.05, 4.69) is 5.32 Å². The Kier molecular flexibility index (Phi) is 4.37. The molecular formula is C15H18N2O4. The summed E-state index contributed by atoms with van der Waals surface area (Å²) < 4.78 is 5.22. The van der Waals surface area contributed by atoms with Crippen molar-refractivity contribution in [2.45, 2.75) is 19.9 Å². The molecule has 1 aliphatic rings. The summed E-state index contributed by atoms with van der Waals surface area (Å²) in [4.78, 5) is 37.0.